The van der Waals surface area contributed by atoms with Crippen molar-refractivity contribution in [3.05, 3.63) is 11.9 Å². The third-order valence-electron chi connectivity index (χ3n) is 4.97. The highest BCUT2D eigenvalue weighted by molar-refractivity contribution is 5.91. The number of hydrogen-bond donors (Lipinski definition) is 1. The van der Waals surface area contributed by atoms with E-state index in [1.807, 2.05) is 10.9 Å². The van der Waals surface area contributed by atoms with Crippen molar-refractivity contribution in [2.45, 2.75) is 76.4 Å². The summed E-state index contributed by atoms with van der Waals surface area (Å²) >= 11 is 0. The van der Waals surface area contributed by atoms with Crippen LogP contribution in [-0.4, -0.2) is 40.2 Å². The van der Waals surface area contributed by atoms with Gasteiger partial charge in [-0.2, -0.15) is 0 Å². The molecule has 1 amide bonds. The molecule has 6 nitrogen and oxygen atoms in total. The van der Waals surface area contributed by atoms with Crippen LogP contribution in [0.2, 0.25) is 0 Å². The van der Waals surface area contributed by atoms with Gasteiger partial charge in [0.1, 0.15) is 0 Å². The standard InChI is InChI=1S/C17H28N4O2/c22-17(18-11-10-15-9-5-6-12-23-15)16-13-21(20-19-16)14-7-3-1-2-4-8-14/h13-15H,1-12H2,(H,18,22). The first-order chi connectivity index (χ1) is 11.3. The summed E-state index contributed by atoms with van der Waals surface area (Å²) in [5, 5.41) is 11.2. The quantitative estimate of drug-likeness (QED) is 0.847. The Morgan fingerprint density at radius 3 is 2.70 bits per heavy atom. The summed E-state index contributed by atoms with van der Waals surface area (Å²) in [4.78, 5) is 12.2. The van der Waals surface area contributed by atoms with Crippen molar-refractivity contribution in [3.8, 4) is 0 Å². The van der Waals surface area contributed by atoms with Crippen molar-refractivity contribution < 1.29 is 9.53 Å². The monoisotopic (exact) mass is 320 g/mol. The number of aromatic nitrogens is 3. The topological polar surface area (TPSA) is 69.0 Å². The van der Waals surface area contributed by atoms with Crippen molar-refractivity contribution >= 4 is 5.91 Å². The summed E-state index contributed by atoms with van der Waals surface area (Å²) < 4.78 is 7.57. The Morgan fingerprint density at radius 1 is 1.17 bits per heavy atom. The fourth-order valence-electron chi connectivity index (χ4n) is 3.55. The molecule has 1 saturated carbocycles. The van der Waals surface area contributed by atoms with Crippen molar-refractivity contribution in [3.63, 3.8) is 0 Å². The van der Waals surface area contributed by atoms with E-state index in [0.717, 1.165) is 38.7 Å². The van der Waals surface area contributed by atoms with E-state index < -0.39 is 0 Å². The average Bonchev–Trinajstić information content (AvgIpc) is 2.92. The summed E-state index contributed by atoms with van der Waals surface area (Å²) in [5.74, 6) is -0.124. The molecular weight excluding hydrogens is 292 g/mol. The number of rotatable bonds is 5. The molecule has 1 aromatic heterocycles. The van der Waals surface area contributed by atoms with Crippen molar-refractivity contribution in [2.24, 2.45) is 0 Å². The molecule has 0 radical (unpaired) electrons. The molecule has 6 heteroatoms. The van der Waals surface area contributed by atoms with E-state index in [0.29, 0.717) is 24.4 Å². The third-order valence-corrected chi connectivity index (χ3v) is 4.97. The lowest BCUT2D eigenvalue weighted by molar-refractivity contribution is 0.0117. The van der Waals surface area contributed by atoms with Gasteiger partial charge in [-0.25, -0.2) is 4.68 Å². The third kappa shape index (κ3) is 4.77. The predicted molar refractivity (Wildman–Crippen MR) is 87.3 cm³/mol. The van der Waals surface area contributed by atoms with Crippen LogP contribution in [0, 0.1) is 0 Å². The number of hydrogen-bond acceptors (Lipinski definition) is 4. The van der Waals surface area contributed by atoms with Gasteiger partial charge in [0.25, 0.3) is 5.91 Å². The molecule has 2 aliphatic rings. The summed E-state index contributed by atoms with van der Waals surface area (Å²) in [7, 11) is 0. The summed E-state index contributed by atoms with van der Waals surface area (Å²) in [6, 6.07) is 0.405. The summed E-state index contributed by atoms with van der Waals surface area (Å²) in [5.41, 5.74) is 0.429. The van der Waals surface area contributed by atoms with Gasteiger partial charge in [-0.15, -0.1) is 5.10 Å². The van der Waals surface area contributed by atoms with Crippen LogP contribution in [0.25, 0.3) is 0 Å². The number of amides is 1. The average molecular weight is 320 g/mol. The minimum absolute atomic E-state index is 0.124. The molecule has 1 atom stereocenters. The molecule has 0 spiro atoms. The van der Waals surface area contributed by atoms with Crippen LogP contribution in [0.3, 0.4) is 0 Å². The molecule has 3 rings (SSSR count). The lowest BCUT2D eigenvalue weighted by Gasteiger charge is -2.22. The van der Waals surface area contributed by atoms with E-state index in [9.17, 15) is 4.79 Å². The Labute approximate surface area is 138 Å². The number of nitrogens with zero attached hydrogens (tertiary/aromatic N) is 3. The van der Waals surface area contributed by atoms with Crippen LogP contribution in [-0.2, 0) is 4.74 Å². The first-order valence-electron chi connectivity index (χ1n) is 9.14. The maximum Gasteiger partial charge on any atom is 0.273 e. The van der Waals surface area contributed by atoms with Crippen molar-refractivity contribution in [1.29, 1.82) is 0 Å². The molecule has 1 aliphatic heterocycles. The lowest BCUT2D eigenvalue weighted by Crippen LogP contribution is -2.29. The summed E-state index contributed by atoms with van der Waals surface area (Å²) in [6.45, 7) is 1.49. The fourth-order valence-corrected chi connectivity index (χ4v) is 3.55. The molecule has 1 saturated heterocycles. The second-order valence-electron chi connectivity index (χ2n) is 6.76. The van der Waals surface area contributed by atoms with Gasteiger partial charge in [0, 0.05) is 13.2 Å². The van der Waals surface area contributed by atoms with Crippen LogP contribution < -0.4 is 5.32 Å². The van der Waals surface area contributed by atoms with E-state index in [1.54, 1.807) is 0 Å². The van der Waals surface area contributed by atoms with Crippen molar-refractivity contribution in [2.75, 3.05) is 13.2 Å². The van der Waals surface area contributed by atoms with Gasteiger partial charge in [-0.1, -0.05) is 30.9 Å². The Balaban J connectivity index is 1.45. The number of carbonyl (C=O) groups is 1. The van der Waals surface area contributed by atoms with Gasteiger partial charge in [0.15, 0.2) is 5.69 Å². The smallest absolute Gasteiger partial charge is 0.273 e. The Bertz CT molecular complexity index is 489. The predicted octanol–water partition coefficient (Wildman–Crippen LogP) is 2.86. The lowest BCUT2D eigenvalue weighted by atomic mass is 10.1. The van der Waals surface area contributed by atoms with E-state index in [2.05, 4.69) is 15.6 Å². The van der Waals surface area contributed by atoms with E-state index >= 15 is 0 Å². The van der Waals surface area contributed by atoms with Crippen LogP contribution in [0.5, 0.6) is 0 Å². The zero-order valence-electron chi connectivity index (χ0n) is 13.9. The molecule has 1 aromatic rings. The van der Waals surface area contributed by atoms with E-state index in [-0.39, 0.29) is 5.91 Å². The van der Waals surface area contributed by atoms with Crippen LogP contribution in [0.15, 0.2) is 6.20 Å². The number of nitrogens with one attached hydrogen (secondary N) is 1. The number of ether oxygens (including phenoxy) is 1. The van der Waals surface area contributed by atoms with Gasteiger partial charge in [-0.3, -0.25) is 4.79 Å². The second-order valence-corrected chi connectivity index (χ2v) is 6.76. The van der Waals surface area contributed by atoms with Gasteiger partial charge in [-0.05, 0) is 38.5 Å². The van der Waals surface area contributed by atoms with Gasteiger partial charge < -0.3 is 10.1 Å². The Morgan fingerprint density at radius 2 is 1.96 bits per heavy atom. The normalized spacial score (nSPS) is 23.4. The molecule has 23 heavy (non-hydrogen) atoms. The first-order valence-corrected chi connectivity index (χ1v) is 9.14. The maximum atomic E-state index is 12.2. The second kappa shape index (κ2) is 8.43. The zero-order valence-corrected chi connectivity index (χ0v) is 13.9. The molecule has 1 unspecified atom stereocenters. The highest BCUT2D eigenvalue weighted by Gasteiger charge is 2.19. The largest absolute Gasteiger partial charge is 0.378 e. The molecule has 0 bridgehead atoms. The molecular formula is C17H28N4O2. The van der Waals surface area contributed by atoms with Gasteiger partial charge in [0.2, 0.25) is 0 Å². The van der Waals surface area contributed by atoms with Gasteiger partial charge in [0.05, 0.1) is 18.3 Å². The van der Waals surface area contributed by atoms with Gasteiger partial charge >= 0.3 is 0 Å². The SMILES string of the molecule is O=C(NCCC1CCCCO1)c1cn(C2CCCCCC2)nn1. The minimum atomic E-state index is -0.124. The van der Waals surface area contributed by atoms with Crippen LogP contribution in [0.4, 0.5) is 0 Å². The highest BCUT2D eigenvalue weighted by atomic mass is 16.5. The van der Waals surface area contributed by atoms with Crippen LogP contribution >= 0.6 is 0 Å². The van der Waals surface area contributed by atoms with Crippen LogP contribution in [0.1, 0.15) is 80.7 Å². The van der Waals surface area contributed by atoms with E-state index in [1.165, 1.54) is 32.1 Å². The highest BCUT2D eigenvalue weighted by Crippen LogP contribution is 2.26. The Kier molecular flexibility index (Phi) is 6.02. The summed E-state index contributed by atoms with van der Waals surface area (Å²) in [6.07, 6.45) is 13.9. The van der Waals surface area contributed by atoms with Crippen molar-refractivity contribution in [1.82, 2.24) is 20.3 Å². The maximum absolute atomic E-state index is 12.2. The molecule has 0 aromatic carbocycles. The molecule has 2 heterocycles. The molecule has 128 valence electrons. The number of carbonyl (C=O) groups excluding carboxylic acids is 1. The Hall–Kier alpha value is -1.43. The minimum Gasteiger partial charge on any atom is -0.378 e. The fraction of sp³-hybridized carbons (Fsp3) is 0.824. The molecule has 1 aliphatic carbocycles. The zero-order chi connectivity index (χ0) is 15.9. The van der Waals surface area contributed by atoms with E-state index in [4.69, 9.17) is 4.74 Å². The first kappa shape index (κ1) is 16.4. The molecule has 1 N–H and O–H groups in total. The molecule has 2 fully saturated rings.